The molecule has 1 N–H and O–H groups in total. The molecule has 2 aliphatic rings. The van der Waals surface area contributed by atoms with E-state index < -0.39 is 0 Å². The fourth-order valence-electron chi connectivity index (χ4n) is 2.88. The van der Waals surface area contributed by atoms with E-state index in [-0.39, 0.29) is 5.60 Å². The van der Waals surface area contributed by atoms with Gasteiger partial charge in [-0.1, -0.05) is 18.2 Å². The lowest BCUT2D eigenvalue weighted by Crippen LogP contribution is -2.39. The van der Waals surface area contributed by atoms with Crippen molar-refractivity contribution in [3.63, 3.8) is 0 Å². The lowest BCUT2D eigenvalue weighted by molar-refractivity contribution is -0.0520. The Morgan fingerprint density at radius 1 is 1.47 bits per heavy atom. The molecule has 2 aliphatic heterocycles. The molecule has 0 spiro atoms. The first-order valence-electron chi connectivity index (χ1n) is 5.64. The Morgan fingerprint density at radius 2 is 2.33 bits per heavy atom. The Kier molecular flexibility index (Phi) is 1.91. The maximum Gasteiger partial charge on any atom is 0.0863 e. The molecule has 2 heteroatoms. The van der Waals surface area contributed by atoms with Crippen LogP contribution in [0.2, 0.25) is 0 Å². The highest BCUT2D eigenvalue weighted by Crippen LogP contribution is 2.41. The smallest absolute Gasteiger partial charge is 0.0863 e. The van der Waals surface area contributed by atoms with Gasteiger partial charge in [-0.3, -0.25) is 0 Å². The number of benzene rings is 1. The number of hydrogen-bond acceptors (Lipinski definition) is 2. The van der Waals surface area contributed by atoms with Gasteiger partial charge in [-0.2, -0.15) is 0 Å². The van der Waals surface area contributed by atoms with Gasteiger partial charge in [-0.05, 0) is 30.5 Å². The minimum atomic E-state index is 0.0147. The van der Waals surface area contributed by atoms with E-state index in [9.17, 15) is 0 Å². The van der Waals surface area contributed by atoms with E-state index in [1.807, 2.05) is 0 Å². The van der Waals surface area contributed by atoms with Gasteiger partial charge in [-0.25, -0.2) is 0 Å². The highest BCUT2D eigenvalue weighted by Gasteiger charge is 2.44. The molecule has 0 aromatic heterocycles. The number of aryl methyl sites for hydroxylation is 1. The van der Waals surface area contributed by atoms with Gasteiger partial charge in [0.05, 0.1) is 12.2 Å². The predicted molar refractivity (Wildman–Crippen MR) is 60.0 cm³/mol. The van der Waals surface area contributed by atoms with Gasteiger partial charge in [0, 0.05) is 19.0 Å². The van der Waals surface area contributed by atoms with Crippen LogP contribution >= 0.6 is 0 Å². The van der Waals surface area contributed by atoms with Crippen molar-refractivity contribution in [1.82, 2.24) is 5.32 Å². The summed E-state index contributed by atoms with van der Waals surface area (Å²) in [5.41, 5.74) is 4.28. The topological polar surface area (TPSA) is 21.3 Å². The first kappa shape index (κ1) is 9.37. The third-order valence-electron chi connectivity index (χ3n) is 3.93. The minimum absolute atomic E-state index is 0.0147. The third-order valence-corrected chi connectivity index (χ3v) is 3.93. The average molecular weight is 203 g/mol. The summed E-state index contributed by atoms with van der Waals surface area (Å²) in [6, 6.07) is 6.60. The molecule has 1 aromatic rings. The van der Waals surface area contributed by atoms with E-state index in [1.165, 1.54) is 16.7 Å². The van der Waals surface area contributed by atoms with Crippen LogP contribution in [-0.4, -0.2) is 18.7 Å². The van der Waals surface area contributed by atoms with Crippen LogP contribution in [0.1, 0.15) is 29.5 Å². The molecule has 2 heterocycles. The fraction of sp³-hybridized carbons (Fsp3) is 0.538. The highest BCUT2D eigenvalue weighted by atomic mass is 16.5. The number of fused-ring (bicyclic) bond motifs is 3. The average Bonchev–Trinajstić information content (AvgIpc) is 2.60. The van der Waals surface area contributed by atoms with Gasteiger partial charge in [0.15, 0.2) is 0 Å². The lowest BCUT2D eigenvalue weighted by atomic mass is 9.80. The van der Waals surface area contributed by atoms with Crippen molar-refractivity contribution in [3.8, 4) is 0 Å². The zero-order valence-electron chi connectivity index (χ0n) is 9.34. The molecule has 1 fully saturated rings. The van der Waals surface area contributed by atoms with Gasteiger partial charge in [0.1, 0.15) is 0 Å². The van der Waals surface area contributed by atoms with Crippen LogP contribution in [-0.2, 0) is 11.3 Å². The molecule has 3 rings (SSSR count). The Hall–Kier alpha value is -0.860. The van der Waals surface area contributed by atoms with Crippen LogP contribution in [0.5, 0.6) is 0 Å². The molecule has 0 amide bonds. The molecule has 0 saturated carbocycles. The SMILES string of the molecule is Cc1cccc2c1CO[C@@]1(C)CNC[C@H]21. The standard InChI is InChI=1S/C13H17NO/c1-9-4-3-5-10-11(9)7-15-13(2)8-14-6-12(10)13/h3-5,12,14H,6-8H2,1-2H3/t12-,13+/m1/s1. The first-order valence-corrected chi connectivity index (χ1v) is 5.64. The second kappa shape index (κ2) is 3.06. The van der Waals surface area contributed by atoms with Gasteiger partial charge >= 0.3 is 0 Å². The summed E-state index contributed by atoms with van der Waals surface area (Å²) < 4.78 is 6.03. The molecule has 0 aliphatic carbocycles. The number of rotatable bonds is 0. The van der Waals surface area contributed by atoms with Crippen LogP contribution in [0.3, 0.4) is 0 Å². The van der Waals surface area contributed by atoms with E-state index in [1.54, 1.807) is 0 Å². The normalized spacial score (nSPS) is 33.6. The van der Waals surface area contributed by atoms with Gasteiger partial charge in [-0.15, -0.1) is 0 Å². The zero-order chi connectivity index (χ0) is 10.5. The van der Waals surface area contributed by atoms with E-state index in [0.717, 1.165) is 19.7 Å². The third kappa shape index (κ3) is 1.25. The highest BCUT2D eigenvalue weighted by molar-refractivity contribution is 5.40. The largest absolute Gasteiger partial charge is 0.369 e. The molecular weight excluding hydrogens is 186 g/mol. The van der Waals surface area contributed by atoms with Crippen molar-refractivity contribution >= 4 is 0 Å². The zero-order valence-corrected chi connectivity index (χ0v) is 9.34. The summed E-state index contributed by atoms with van der Waals surface area (Å²) >= 11 is 0. The number of ether oxygens (including phenoxy) is 1. The quantitative estimate of drug-likeness (QED) is 0.696. The van der Waals surface area contributed by atoms with Crippen LogP contribution in [0, 0.1) is 6.92 Å². The van der Waals surface area contributed by atoms with Gasteiger partial charge in [0.25, 0.3) is 0 Å². The summed E-state index contributed by atoms with van der Waals surface area (Å²) in [6.07, 6.45) is 0. The molecular formula is C13H17NO. The molecule has 2 nitrogen and oxygen atoms in total. The lowest BCUT2D eigenvalue weighted by Gasteiger charge is -2.37. The second-order valence-electron chi connectivity index (χ2n) is 4.93. The van der Waals surface area contributed by atoms with E-state index in [0.29, 0.717) is 5.92 Å². The van der Waals surface area contributed by atoms with Crippen LogP contribution in [0.4, 0.5) is 0 Å². The Labute approximate surface area is 90.6 Å². The maximum atomic E-state index is 6.03. The summed E-state index contributed by atoms with van der Waals surface area (Å²) in [7, 11) is 0. The van der Waals surface area contributed by atoms with E-state index in [4.69, 9.17) is 4.74 Å². The molecule has 2 atom stereocenters. The Balaban J connectivity index is 2.13. The summed E-state index contributed by atoms with van der Waals surface area (Å²) in [5.74, 6) is 0.529. The Bertz CT molecular complexity index is 402. The number of hydrogen-bond donors (Lipinski definition) is 1. The second-order valence-corrected chi connectivity index (χ2v) is 4.93. The van der Waals surface area contributed by atoms with Gasteiger partial charge < -0.3 is 10.1 Å². The van der Waals surface area contributed by atoms with E-state index >= 15 is 0 Å². The molecule has 0 bridgehead atoms. The van der Waals surface area contributed by atoms with E-state index in [2.05, 4.69) is 37.4 Å². The molecule has 80 valence electrons. The first-order chi connectivity index (χ1) is 7.21. The molecule has 15 heavy (non-hydrogen) atoms. The van der Waals surface area contributed by atoms with Crippen LogP contribution in [0.25, 0.3) is 0 Å². The van der Waals surface area contributed by atoms with Crippen molar-refractivity contribution < 1.29 is 4.74 Å². The Morgan fingerprint density at radius 3 is 3.20 bits per heavy atom. The molecule has 1 aromatic carbocycles. The predicted octanol–water partition coefficient (Wildman–Crippen LogP) is 1.97. The van der Waals surface area contributed by atoms with Gasteiger partial charge in [0.2, 0.25) is 0 Å². The van der Waals surface area contributed by atoms with Crippen molar-refractivity contribution in [1.29, 1.82) is 0 Å². The molecule has 1 saturated heterocycles. The molecule has 0 radical (unpaired) electrons. The number of nitrogens with one attached hydrogen (secondary N) is 1. The fourth-order valence-corrected chi connectivity index (χ4v) is 2.88. The van der Waals surface area contributed by atoms with Crippen molar-refractivity contribution in [2.45, 2.75) is 32.0 Å². The van der Waals surface area contributed by atoms with Crippen LogP contribution in [0.15, 0.2) is 18.2 Å². The summed E-state index contributed by atoms with van der Waals surface area (Å²) in [4.78, 5) is 0. The minimum Gasteiger partial charge on any atom is -0.369 e. The van der Waals surface area contributed by atoms with Crippen molar-refractivity contribution in [2.24, 2.45) is 0 Å². The maximum absolute atomic E-state index is 6.03. The molecule has 0 unspecified atom stereocenters. The van der Waals surface area contributed by atoms with Crippen LogP contribution < -0.4 is 5.32 Å². The summed E-state index contributed by atoms with van der Waals surface area (Å²) in [6.45, 7) is 7.20. The van der Waals surface area contributed by atoms with Crippen molar-refractivity contribution in [2.75, 3.05) is 13.1 Å². The van der Waals surface area contributed by atoms with Crippen molar-refractivity contribution in [3.05, 3.63) is 34.9 Å². The summed E-state index contributed by atoms with van der Waals surface area (Å²) in [5, 5.41) is 3.44. The monoisotopic (exact) mass is 203 g/mol.